The molecule has 0 bridgehead atoms. The first kappa shape index (κ1) is 27.4. The van der Waals surface area contributed by atoms with Gasteiger partial charge < -0.3 is 16.5 Å². The fraction of sp³-hybridized carbons (Fsp3) is 0. The Morgan fingerprint density at radius 2 is 0.500 bits per heavy atom. The minimum Gasteiger partial charge on any atom is -0.390 e. The maximum absolute atomic E-state index is 7.05. The predicted octanol–water partition coefficient (Wildman–Crippen LogP) is 2.15. The molecule has 0 aliphatic carbocycles. The van der Waals surface area contributed by atoms with Crippen LogP contribution in [0, 0.1) is 47.9 Å². The van der Waals surface area contributed by atoms with E-state index in [0.29, 0.717) is 20.7 Å². The molecule has 5 rings (SSSR count). The van der Waals surface area contributed by atoms with E-state index in [4.69, 9.17) is 42.2 Å². The molecule has 1 aliphatic rings. The highest BCUT2D eigenvalue weighted by Gasteiger charge is 2.65. The van der Waals surface area contributed by atoms with Gasteiger partial charge in [-0.2, -0.15) is 0 Å². The number of hydrogen-bond acceptors (Lipinski definition) is 4. The highest BCUT2D eigenvalue weighted by Crippen LogP contribution is 2.30. The summed E-state index contributed by atoms with van der Waals surface area (Å²) in [6.07, 6.45) is 25.4. The van der Waals surface area contributed by atoms with Gasteiger partial charge in [-0.1, -0.05) is 144 Å². The Hall–Kier alpha value is -4.17. The van der Waals surface area contributed by atoms with Crippen LogP contribution >= 0.6 is 0 Å². The molecule has 4 aromatic rings. The van der Waals surface area contributed by atoms with Crippen LogP contribution in [0.3, 0.4) is 0 Å². The maximum atomic E-state index is 7.05. The van der Waals surface area contributed by atoms with Crippen molar-refractivity contribution >= 4 is 55.0 Å². The van der Waals surface area contributed by atoms with E-state index >= 15 is 0 Å². The first-order valence-electron chi connectivity index (χ1n) is 12.4. The lowest BCUT2D eigenvalue weighted by molar-refractivity contribution is 0.271. The normalized spacial score (nSPS) is 27.9. The molecule has 0 N–H and O–H groups in total. The molecule has 40 heavy (non-hydrogen) atoms. The van der Waals surface area contributed by atoms with Gasteiger partial charge >= 0.3 is 34.2 Å². The fourth-order valence-corrected chi connectivity index (χ4v) is 22.1. The lowest BCUT2D eigenvalue weighted by Crippen LogP contribution is -2.79. The molecule has 192 valence electrons. The van der Waals surface area contributed by atoms with Crippen LogP contribution in [0.5, 0.6) is 0 Å². The summed E-state index contributed by atoms with van der Waals surface area (Å²) in [5, 5.41) is 2.63. The first-order valence-corrected chi connectivity index (χ1v) is 19.7. The summed E-state index contributed by atoms with van der Waals surface area (Å²) in [7, 11) is -15.6. The number of terminal acetylenes is 4. The highest BCUT2D eigenvalue weighted by molar-refractivity contribution is 7.12. The Morgan fingerprint density at radius 3 is 0.650 bits per heavy atom. The van der Waals surface area contributed by atoms with Gasteiger partial charge in [-0.25, -0.2) is 0 Å². The monoisotopic (exact) mass is 584 g/mol. The zero-order chi connectivity index (χ0) is 28.1. The Bertz CT molecular complexity index is 1390. The second-order valence-corrected chi connectivity index (χ2v) is 20.6. The summed E-state index contributed by atoms with van der Waals surface area (Å²) in [4.78, 5) is 0. The Kier molecular flexibility index (Phi) is 7.63. The number of hydrogen-bond donors (Lipinski definition) is 0. The van der Waals surface area contributed by atoms with Gasteiger partial charge in [0.05, 0.1) is 0 Å². The molecule has 1 aliphatic heterocycles. The summed E-state index contributed by atoms with van der Waals surface area (Å²) in [6, 6.07) is 37.3. The van der Waals surface area contributed by atoms with Crippen LogP contribution in [0.15, 0.2) is 121 Å². The van der Waals surface area contributed by atoms with Crippen molar-refractivity contribution in [1.82, 2.24) is 0 Å². The van der Waals surface area contributed by atoms with E-state index in [-0.39, 0.29) is 0 Å². The molecule has 0 aromatic heterocycles. The summed E-state index contributed by atoms with van der Waals surface area (Å²) >= 11 is 0. The molecule has 0 unspecified atom stereocenters. The number of benzene rings is 4. The quantitative estimate of drug-likeness (QED) is 0.272. The molecular weight excluding hydrogens is 561 g/mol. The van der Waals surface area contributed by atoms with E-state index in [1.165, 1.54) is 0 Å². The lowest BCUT2D eigenvalue weighted by atomic mass is 10.4. The molecule has 4 nitrogen and oxygen atoms in total. The van der Waals surface area contributed by atoms with Crippen molar-refractivity contribution in [2.75, 3.05) is 0 Å². The summed E-state index contributed by atoms with van der Waals surface area (Å²) in [5.74, 6) is 0. The van der Waals surface area contributed by atoms with E-state index in [1.807, 2.05) is 121 Å². The van der Waals surface area contributed by atoms with Crippen molar-refractivity contribution in [3.63, 3.8) is 0 Å². The molecule has 0 saturated carbocycles. The van der Waals surface area contributed by atoms with Crippen molar-refractivity contribution < 1.29 is 16.5 Å². The van der Waals surface area contributed by atoms with E-state index in [2.05, 4.69) is 22.2 Å². The average Bonchev–Trinajstić information content (AvgIpc) is 3.04. The molecule has 1 saturated heterocycles. The SMILES string of the molecule is C#C[Si]1(c2ccccc2)O[Si](C#C)(c2ccccc2)O[Si](C#C)(c2ccccc2)O[Si](C#C)(c2ccccc2)O1. The van der Waals surface area contributed by atoms with Crippen molar-refractivity contribution in [2.45, 2.75) is 0 Å². The molecular formula is C32H24O4Si4. The summed E-state index contributed by atoms with van der Waals surface area (Å²) in [5.41, 5.74) is 11.5. The molecule has 0 atom stereocenters. The molecule has 1 fully saturated rings. The van der Waals surface area contributed by atoms with Crippen LogP contribution in [0.25, 0.3) is 0 Å². The second-order valence-electron chi connectivity index (χ2n) is 8.92. The molecule has 8 heteroatoms. The molecule has 0 radical (unpaired) electrons. The Morgan fingerprint density at radius 1 is 0.325 bits per heavy atom. The van der Waals surface area contributed by atoms with Crippen LogP contribution in [0.2, 0.25) is 0 Å². The minimum absolute atomic E-state index is 0.658. The van der Waals surface area contributed by atoms with E-state index in [9.17, 15) is 0 Å². The largest absolute Gasteiger partial charge is 0.442 e. The zero-order valence-corrected chi connectivity index (χ0v) is 25.5. The van der Waals surface area contributed by atoms with Gasteiger partial charge in [0, 0.05) is 20.7 Å². The van der Waals surface area contributed by atoms with Crippen LogP contribution in [-0.2, 0) is 16.5 Å². The Balaban J connectivity index is 1.87. The number of rotatable bonds is 4. The van der Waals surface area contributed by atoms with E-state index < -0.39 is 34.2 Å². The standard InChI is InChI=1S/C32H24O4Si4/c1-5-37(29-21-13-9-14-22-29)33-38(6-2,30-23-15-10-16-24-30)35-40(8-4,32-27-19-12-20-28-32)36-39(7-3,34-37)31-25-17-11-18-26-31/h1-4,9-28H. The molecule has 4 aromatic carbocycles. The topological polar surface area (TPSA) is 36.9 Å². The van der Waals surface area contributed by atoms with Gasteiger partial charge in [-0.15, -0.1) is 25.7 Å². The van der Waals surface area contributed by atoms with Crippen molar-refractivity contribution in [3.05, 3.63) is 121 Å². The summed E-state index contributed by atoms with van der Waals surface area (Å²) < 4.78 is 28.2. The fourth-order valence-electron chi connectivity index (χ4n) is 4.56. The van der Waals surface area contributed by atoms with Gasteiger partial charge in [0.2, 0.25) is 0 Å². The van der Waals surface area contributed by atoms with Crippen LogP contribution in [-0.4, -0.2) is 34.2 Å². The van der Waals surface area contributed by atoms with Gasteiger partial charge in [0.1, 0.15) is 0 Å². The minimum atomic E-state index is -3.90. The van der Waals surface area contributed by atoms with E-state index in [1.54, 1.807) is 0 Å². The average molecular weight is 585 g/mol. The molecule has 0 amide bonds. The maximum Gasteiger partial charge on any atom is 0.442 e. The van der Waals surface area contributed by atoms with Gasteiger partial charge in [0.25, 0.3) is 0 Å². The third-order valence-electron chi connectivity index (χ3n) is 6.53. The zero-order valence-electron chi connectivity index (χ0n) is 21.5. The van der Waals surface area contributed by atoms with Crippen LogP contribution in [0.4, 0.5) is 0 Å². The van der Waals surface area contributed by atoms with Crippen LogP contribution in [0.1, 0.15) is 0 Å². The lowest BCUT2D eigenvalue weighted by Gasteiger charge is -2.47. The smallest absolute Gasteiger partial charge is 0.390 e. The van der Waals surface area contributed by atoms with Crippen molar-refractivity contribution in [2.24, 2.45) is 0 Å². The summed E-state index contributed by atoms with van der Waals surface area (Å²) in [6.45, 7) is 0. The van der Waals surface area contributed by atoms with Crippen LogP contribution < -0.4 is 20.7 Å². The highest BCUT2D eigenvalue weighted by atomic mass is 28.5. The Labute approximate surface area is 239 Å². The third-order valence-corrected chi connectivity index (χ3v) is 21.6. The van der Waals surface area contributed by atoms with Gasteiger partial charge in [-0.3, -0.25) is 0 Å². The van der Waals surface area contributed by atoms with Crippen molar-refractivity contribution in [1.29, 1.82) is 0 Å². The van der Waals surface area contributed by atoms with Crippen molar-refractivity contribution in [3.8, 4) is 47.9 Å². The van der Waals surface area contributed by atoms with Gasteiger partial charge in [-0.05, 0) is 0 Å². The van der Waals surface area contributed by atoms with E-state index in [0.717, 1.165) is 0 Å². The molecule has 0 spiro atoms. The predicted molar refractivity (Wildman–Crippen MR) is 167 cm³/mol. The molecule has 1 heterocycles. The second kappa shape index (κ2) is 11.1. The third kappa shape index (κ3) is 4.73. The van der Waals surface area contributed by atoms with Gasteiger partial charge in [0.15, 0.2) is 0 Å². The first-order chi connectivity index (χ1) is 19.5.